The van der Waals surface area contributed by atoms with Crippen LogP contribution in [-0.2, 0) is 9.53 Å². The lowest BCUT2D eigenvalue weighted by Gasteiger charge is -2.08. The van der Waals surface area contributed by atoms with Gasteiger partial charge in [0.25, 0.3) is 0 Å². The summed E-state index contributed by atoms with van der Waals surface area (Å²) in [7, 11) is 0. The molecule has 0 aromatic heterocycles. The third kappa shape index (κ3) is 2.80. The fourth-order valence-corrected chi connectivity index (χ4v) is 1.42. The molecule has 0 aliphatic rings. The maximum absolute atomic E-state index is 12.6. The van der Waals surface area contributed by atoms with Crippen molar-refractivity contribution in [2.45, 2.75) is 11.8 Å². The molecule has 0 saturated carbocycles. The number of carbonyl (C=O) groups excluding carboxylic acids is 1. The molecule has 1 atom stereocenters. The number of halogens is 2. The Balaban J connectivity index is 2.73. The first-order chi connectivity index (χ1) is 6.65. The Labute approximate surface area is 90.2 Å². The zero-order valence-electron chi connectivity index (χ0n) is 7.67. The molecule has 0 spiro atoms. The topological polar surface area (TPSA) is 26.3 Å². The Morgan fingerprint density at radius 3 is 2.57 bits per heavy atom. The van der Waals surface area contributed by atoms with Gasteiger partial charge < -0.3 is 4.74 Å². The third-order valence-electron chi connectivity index (χ3n) is 1.66. The van der Waals surface area contributed by atoms with E-state index in [1.165, 1.54) is 12.1 Å². The molecule has 1 rings (SSSR count). The van der Waals surface area contributed by atoms with Crippen LogP contribution in [0.2, 0.25) is 0 Å². The molecule has 0 fully saturated rings. The minimum Gasteiger partial charge on any atom is -0.465 e. The van der Waals surface area contributed by atoms with Crippen molar-refractivity contribution in [3.8, 4) is 0 Å². The largest absolute Gasteiger partial charge is 0.465 e. The van der Waals surface area contributed by atoms with Gasteiger partial charge in [0, 0.05) is 0 Å². The van der Waals surface area contributed by atoms with Crippen LogP contribution in [0.4, 0.5) is 4.39 Å². The van der Waals surface area contributed by atoms with Gasteiger partial charge in [-0.15, -0.1) is 0 Å². The third-order valence-corrected chi connectivity index (χ3v) is 2.56. The van der Waals surface area contributed by atoms with Crippen LogP contribution in [0.5, 0.6) is 0 Å². The van der Waals surface area contributed by atoms with E-state index in [0.29, 0.717) is 12.2 Å². The summed E-state index contributed by atoms with van der Waals surface area (Å²) >= 11 is 3.18. The molecule has 0 aliphatic heterocycles. The number of rotatable bonds is 3. The maximum Gasteiger partial charge on any atom is 0.324 e. The number of carbonyl (C=O) groups is 1. The molecule has 14 heavy (non-hydrogen) atoms. The second-order valence-corrected chi connectivity index (χ2v) is 3.58. The lowest BCUT2D eigenvalue weighted by molar-refractivity contribution is -0.142. The first-order valence-electron chi connectivity index (χ1n) is 4.21. The van der Waals surface area contributed by atoms with Gasteiger partial charge in [-0.05, 0) is 24.6 Å². The molecule has 4 heteroatoms. The van der Waals surface area contributed by atoms with E-state index in [1.54, 1.807) is 19.1 Å². The number of alkyl halides is 1. The highest BCUT2D eigenvalue weighted by molar-refractivity contribution is 9.09. The molecular formula is C10H10BrFO2. The molecule has 76 valence electrons. The quantitative estimate of drug-likeness (QED) is 0.617. The van der Waals surface area contributed by atoms with E-state index >= 15 is 0 Å². The maximum atomic E-state index is 12.6. The highest BCUT2D eigenvalue weighted by atomic mass is 79.9. The Bertz CT molecular complexity index is 310. The zero-order valence-corrected chi connectivity index (χ0v) is 9.25. The molecule has 0 aliphatic carbocycles. The van der Waals surface area contributed by atoms with Crippen molar-refractivity contribution in [3.05, 3.63) is 35.6 Å². The van der Waals surface area contributed by atoms with Gasteiger partial charge in [-0.3, -0.25) is 4.79 Å². The SMILES string of the molecule is CCOC(=O)C(Br)c1ccc(F)cc1. The van der Waals surface area contributed by atoms with Crippen LogP contribution in [0, 0.1) is 5.82 Å². The molecule has 0 saturated heterocycles. The van der Waals surface area contributed by atoms with Gasteiger partial charge in [-0.2, -0.15) is 0 Å². The van der Waals surface area contributed by atoms with Crippen molar-refractivity contribution in [3.63, 3.8) is 0 Å². The normalized spacial score (nSPS) is 12.2. The first-order valence-corrected chi connectivity index (χ1v) is 5.13. The van der Waals surface area contributed by atoms with Crippen LogP contribution >= 0.6 is 15.9 Å². The summed E-state index contributed by atoms with van der Waals surface area (Å²) in [5, 5.41) is 0. The second-order valence-electron chi connectivity index (χ2n) is 2.67. The fraction of sp³-hybridized carbons (Fsp3) is 0.300. The molecular weight excluding hydrogens is 251 g/mol. The highest BCUT2D eigenvalue weighted by Gasteiger charge is 2.17. The molecule has 0 N–H and O–H groups in total. The van der Waals surface area contributed by atoms with Crippen molar-refractivity contribution in [2.24, 2.45) is 0 Å². The van der Waals surface area contributed by atoms with Gasteiger partial charge in [0.05, 0.1) is 6.61 Å². The predicted molar refractivity (Wildman–Crippen MR) is 54.7 cm³/mol. The van der Waals surface area contributed by atoms with Crippen molar-refractivity contribution in [2.75, 3.05) is 6.61 Å². The monoisotopic (exact) mass is 260 g/mol. The number of hydrogen-bond donors (Lipinski definition) is 0. The summed E-state index contributed by atoms with van der Waals surface area (Å²) in [6, 6.07) is 5.71. The molecule has 1 unspecified atom stereocenters. The number of hydrogen-bond acceptors (Lipinski definition) is 2. The van der Waals surface area contributed by atoms with E-state index in [2.05, 4.69) is 15.9 Å². The number of benzene rings is 1. The summed E-state index contributed by atoms with van der Waals surface area (Å²) in [6.45, 7) is 2.07. The summed E-state index contributed by atoms with van der Waals surface area (Å²) in [5.74, 6) is -0.684. The highest BCUT2D eigenvalue weighted by Crippen LogP contribution is 2.24. The van der Waals surface area contributed by atoms with Crippen molar-refractivity contribution in [1.29, 1.82) is 0 Å². The van der Waals surface area contributed by atoms with Gasteiger partial charge in [-0.25, -0.2) is 4.39 Å². The van der Waals surface area contributed by atoms with Crippen LogP contribution in [-0.4, -0.2) is 12.6 Å². The van der Waals surface area contributed by atoms with E-state index in [0.717, 1.165) is 0 Å². The first kappa shape index (κ1) is 11.2. The van der Waals surface area contributed by atoms with Crippen LogP contribution < -0.4 is 0 Å². The lowest BCUT2D eigenvalue weighted by atomic mass is 10.1. The Hall–Kier alpha value is -0.900. The van der Waals surface area contributed by atoms with Crippen LogP contribution in [0.1, 0.15) is 17.3 Å². The summed E-state index contributed by atoms with van der Waals surface area (Å²) in [5.41, 5.74) is 0.685. The molecule has 0 radical (unpaired) electrons. The van der Waals surface area contributed by atoms with E-state index in [1.807, 2.05) is 0 Å². The molecule has 1 aromatic rings. The average Bonchev–Trinajstić information content (AvgIpc) is 2.18. The summed E-state index contributed by atoms with van der Waals surface area (Å²) < 4.78 is 17.4. The Morgan fingerprint density at radius 2 is 2.07 bits per heavy atom. The molecule has 0 amide bonds. The second kappa shape index (κ2) is 5.10. The van der Waals surface area contributed by atoms with Gasteiger partial charge >= 0.3 is 5.97 Å². The van der Waals surface area contributed by atoms with E-state index in [4.69, 9.17) is 4.74 Å². The van der Waals surface area contributed by atoms with Gasteiger partial charge in [0.1, 0.15) is 10.6 Å². The minimum atomic E-state index is -0.525. The molecule has 1 aromatic carbocycles. The standard InChI is InChI=1S/C10H10BrFO2/c1-2-14-10(13)9(11)7-3-5-8(12)6-4-7/h3-6,9H,2H2,1H3. The van der Waals surface area contributed by atoms with Gasteiger partial charge in [-0.1, -0.05) is 28.1 Å². The van der Waals surface area contributed by atoms with E-state index in [9.17, 15) is 9.18 Å². The van der Waals surface area contributed by atoms with Crippen molar-refractivity contribution < 1.29 is 13.9 Å². The van der Waals surface area contributed by atoms with Crippen LogP contribution in [0.3, 0.4) is 0 Å². The Kier molecular flexibility index (Phi) is 4.07. The number of ether oxygens (including phenoxy) is 1. The lowest BCUT2D eigenvalue weighted by Crippen LogP contribution is -2.10. The van der Waals surface area contributed by atoms with Gasteiger partial charge in [0.15, 0.2) is 0 Å². The molecule has 0 heterocycles. The molecule has 0 bridgehead atoms. The Morgan fingerprint density at radius 1 is 1.50 bits per heavy atom. The smallest absolute Gasteiger partial charge is 0.324 e. The van der Waals surface area contributed by atoms with Crippen LogP contribution in [0.15, 0.2) is 24.3 Å². The summed E-state index contributed by atoms with van der Waals surface area (Å²) in [6.07, 6.45) is 0. The van der Waals surface area contributed by atoms with Crippen LogP contribution in [0.25, 0.3) is 0 Å². The minimum absolute atomic E-state index is 0.322. The zero-order chi connectivity index (χ0) is 10.6. The van der Waals surface area contributed by atoms with E-state index in [-0.39, 0.29) is 11.8 Å². The van der Waals surface area contributed by atoms with Crippen molar-refractivity contribution >= 4 is 21.9 Å². The molecule has 2 nitrogen and oxygen atoms in total. The number of esters is 1. The van der Waals surface area contributed by atoms with Gasteiger partial charge in [0.2, 0.25) is 0 Å². The van der Waals surface area contributed by atoms with E-state index < -0.39 is 4.83 Å². The predicted octanol–water partition coefficient (Wildman–Crippen LogP) is 2.82. The average molecular weight is 261 g/mol. The van der Waals surface area contributed by atoms with Crippen molar-refractivity contribution in [1.82, 2.24) is 0 Å². The summed E-state index contributed by atoms with van der Waals surface area (Å²) in [4.78, 5) is 10.7. The fourth-order valence-electron chi connectivity index (χ4n) is 0.983.